The van der Waals surface area contributed by atoms with Crippen LogP contribution in [0.4, 0.5) is 0 Å². The lowest BCUT2D eigenvalue weighted by molar-refractivity contribution is 0.413. The molecule has 0 N–H and O–H groups in total. The summed E-state index contributed by atoms with van der Waals surface area (Å²) in [6, 6.07) is 7.88. The van der Waals surface area contributed by atoms with Gasteiger partial charge in [-0.3, -0.25) is 0 Å². The molecule has 0 spiro atoms. The lowest BCUT2D eigenvalue weighted by atomic mass is 9.83. The van der Waals surface area contributed by atoms with Crippen LogP contribution in [0.3, 0.4) is 0 Å². The number of benzene rings is 1. The first kappa shape index (κ1) is 14.0. The Bertz CT molecular complexity index is 842. The van der Waals surface area contributed by atoms with E-state index in [9.17, 15) is 0 Å². The number of pyridine rings is 1. The molecule has 0 amide bonds. The maximum absolute atomic E-state index is 6.38. The van der Waals surface area contributed by atoms with E-state index in [4.69, 9.17) is 26.3 Å². The highest BCUT2D eigenvalue weighted by Gasteiger charge is 2.22. The van der Waals surface area contributed by atoms with Gasteiger partial charge in [-0.1, -0.05) is 24.1 Å². The molecule has 0 atom stereocenters. The number of halogens is 1. The van der Waals surface area contributed by atoms with Gasteiger partial charge in [0.15, 0.2) is 0 Å². The Morgan fingerprint density at radius 3 is 2.73 bits per heavy atom. The van der Waals surface area contributed by atoms with Crippen LogP contribution in [0.5, 0.6) is 5.75 Å². The van der Waals surface area contributed by atoms with E-state index in [2.05, 4.69) is 5.38 Å². The van der Waals surface area contributed by atoms with Crippen LogP contribution in [0.15, 0.2) is 29.6 Å². The van der Waals surface area contributed by atoms with Gasteiger partial charge in [0.25, 0.3) is 0 Å². The number of nitrogens with zero attached hydrogens (tertiary/aromatic N) is 2. The van der Waals surface area contributed by atoms with E-state index in [0.29, 0.717) is 16.7 Å². The SMILES string of the molecule is COc1ccc2ccc(-c3nc(C4CCC4)cs3)nc2c1Cl. The van der Waals surface area contributed by atoms with Gasteiger partial charge in [0, 0.05) is 16.7 Å². The van der Waals surface area contributed by atoms with Crippen LogP contribution in [-0.4, -0.2) is 17.1 Å². The van der Waals surface area contributed by atoms with Crippen molar-refractivity contribution in [3.63, 3.8) is 0 Å². The molecule has 1 saturated carbocycles. The monoisotopic (exact) mass is 330 g/mol. The summed E-state index contributed by atoms with van der Waals surface area (Å²) in [6.45, 7) is 0. The standard InChI is InChI=1S/C17H15ClN2OS/c1-21-14-8-6-11-5-7-12(19-16(11)15(14)18)17-20-13(9-22-17)10-3-2-4-10/h5-10H,2-4H2,1H3. The Morgan fingerprint density at radius 1 is 1.18 bits per heavy atom. The zero-order chi connectivity index (χ0) is 15.1. The van der Waals surface area contributed by atoms with Crippen LogP contribution in [0.1, 0.15) is 30.9 Å². The van der Waals surface area contributed by atoms with Gasteiger partial charge in [-0.25, -0.2) is 9.97 Å². The van der Waals surface area contributed by atoms with Crippen molar-refractivity contribution in [2.75, 3.05) is 7.11 Å². The minimum Gasteiger partial charge on any atom is -0.495 e. The average molecular weight is 331 g/mol. The van der Waals surface area contributed by atoms with Gasteiger partial charge in [0.05, 0.1) is 24.0 Å². The molecule has 2 heterocycles. The molecule has 0 saturated heterocycles. The Kier molecular flexibility index (Phi) is 3.51. The highest BCUT2D eigenvalue weighted by molar-refractivity contribution is 7.13. The first-order valence-electron chi connectivity index (χ1n) is 7.35. The summed E-state index contributed by atoms with van der Waals surface area (Å²) < 4.78 is 5.27. The quantitative estimate of drug-likeness (QED) is 0.654. The Labute approximate surface area is 137 Å². The third kappa shape index (κ3) is 2.27. The normalized spacial score (nSPS) is 15.0. The van der Waals surface area contributed by atoms with Gasteiger partial charge < -0.3 is 4.74 Å². The zero-order valence-electron chi connectivity index (χ0n) is 12.2. The van der Waals surface area contributed by atoms with Gasteiger partial charge in [-0.05, 0) is 31.0 Å². The van der Waals surface area contributed by atoms with Gasteiger partial charge in [0.2, 0.25) is 0 Å². The lowest BCUT2D eigenvalue weighted by Crippen LogP contribution is -2.08. The predicted octanol–water partition coefficient (Wildman–Crippen LogP) is 5.29. The Balaban J connectivity index is 1.78. The molecule has 0 bridgehead atoms. The molecular weight excluding hydrogens is 316 g/mol. The number of fused-ring (bicyclic) bond motifs is 1. The second kappa shape index (κ2) is 5.52. The molecule has 1 aliphatic carbocycles. The molecule has 1 aromatic carbocycles. The van der Waals surface area contributed by atoms with Crippen molar-refractivity contribution in [1.29, 1.82) is 0 Å². The number of hydrogen-bond acceptors (Lipinski definition) is 4. The highest BCUT2D eigenvalue weighted by atomic mass is 35.5. The third-order valence-corrected chi connectivity index (χ3v) is 5.50. The van der Waals surface area contributed by atoms with E-state index in [-0.39, 0.29) is 0 Å². The molecule has 4 rings (SSSR count). The predicted molar refractivity (Wildman–Crippen MR) is 91.0 cm³/mol. The second-order valence-corrected chi connectivity index (χ2v) is 6.79. The minimum atomic E-state index is 0.553. The van der Waals surface area contributed by atoms with Crippen LogP contribution >= 0.6 is 22.9 Å². The first-order valence-corrected chi connectivity index (χ1v) is 8.61. The molecule has 112 valence electrons. The summed E-state index contributed by atoms with van der Waals surface area (Å²) in [5.74, 6) is 1.29. The third-order valence-electron chi connectivity index (χ3n) is 4.25. The van der Waals surface area contributed by atoms with Crippen LogP contribution in [0, 0.1) is 0 Å². The smallest absolute Gasteiger partial charge is 0.142 e. The topological polar surface area (TPSA) is 35.0 Å². The summed E-state index contributed by atoms with van der Waals surface area (Å²) in [5.41, 5.74) is 2.85. The van der Waals surface area contributed by atoms with Gasteiger partial charge in [-0.2, -0.15) is 0 Å². The van der Waals surface area contributed by atoms with Crippen LogP contribution in [-0.2, 0) is 0 Å². The van der Waals surface area contributed by atoms with Crippen molar-refractivity contribution in [3.05, 3.63) is 40.4 Å². The molecule has 5 heteroatoms. The molecule has 22 heavy (non-hydrogen) atoms. The first-order chi connectivity index (χ1) is 10.8. The lowest BCUT2D eigenvalue weighted by Gasteiger charge is -2.22. The van der Waals surface area contributed by atoms with Gasteiger partial charge in [-0.15, -0.1) is 11.3 Å². The van der Waals surface area contributed by atoms with E-state index in [1.54, 1.807) is 18.4 Å². The molecule has 0 unspecified atom stereocenters. The highest BCUT2D eigenvalue weighted by Crippen LogP contribution is 2.38. The number of ether oxygens (including phenoxy) is 1. The fourth-order valence-corrected chi connectivity index (χ4v) is 3.87. The maximum Gasteiger partial charge on any atom is 0.142 e. The fraction of sp³-hybridized carbons (Fsp3) is 0.294. The van der Waals surface area contributed by atoms with Crippen LogP contribution < -0.4 is 4.74 Å². The molecule has 1 aliphatic rings. The molecular formula is C17H15ClN2OS. The van der Waals surface area contributed by atoms with Crippen molar-refractivity contribution in [2.45, 2.75) is 25.2 Å². The molecule has 1 fully saturated rings. The maximum atomic E-state index is 6.38. The van der Waals surface area contributed by atoms with Crippen molar-refractivity contribution < 1.29 is 4.74 Å². The summed E-state index contributed by atoms with van der Waals surface area (Å²) in [5, 5.41) is 4.68. The molecule has 0 aliphatic heterocycles. The summed E-state index contributed by atoms with van der Waals surface area (Å²) >= 11 is 8.04. The molecule has 3 nitrogen and oxygen atoms in total. The summed E-state index contributed by atoms with van der Waals surface area (Å²) in [7, 11) is 1.61. The molecule has 3 aromatic rings. The summed E-state index contributed by atoms with van der Waals surface area (Å²) in [4.78, 5) is 9.47. The van der Waals surface area contributed by atoms with E-state index >= 15 is 0 Å². The van der Waals surface area contributed by atoms with Crippen LogP contribution in [0.2, 0.25) is 5.02 Å². The van der Waals surface area contributed by atoms with E-state index in [0.717, 1.165) is 21.6 Å². The zero-order valence-corrected chi connectivity index (χ0v) is 13.7. The van der Waals surface area contributed by atoms with E-state index in [1.807, 2.05) is 24.3 Å². The van der Waals surface area contributed by atoms with E-state index in [1.165, 1.54) is 25.0 Å². The van der Waals surface area contributed by atoms with Crippen molar-refractivity contribution in [3.8, 4) is 16.5 Å². The van der Waals surface area contributed by atoms with Crippen LogP contribution in [0.25, 0.3) is 21.6 Å². The Hall–Kier alpha value is -1.65. The average Bonchev–Trinajstić information content (AvgIpc) is 2.95. The summed E-state index contributed by atoms with van der Waals surface area (Å²) in [6.07, 6.45) is 3.84. The fourth-order valence-electron chi connectivity index (χ4n) is 2.71. The number of aromatic nitrogens is 2. The number of hydrogen-bond donors (Lipinski definition) is 0. The second-order valence-electron chi connectivity index (χ2n) is 5.56. The number of rotatable bonds is 3. The molecule has 0 radical (unpaired) electrons. The number of methoxy groups -OCH3 is 1. The minimum absolute atomic E-state index is 0.553. The number of thiazole rings is 1. The Morgan fingerprint density at radius 2 is 2.00 bits per heavy atom. The van der Waals surface area contributed by atoms with Gasteiger partial charge in [0.1, 0.15) is 15.8 Å². The van der Waals surface area contributed by atoms with Crippen molar-refractivity contribution in [1.82, 2.24) is 9.97 Å². The van der Waals surface area contributed by atoms with Gasteiger partial charge >= 0.3 is 0 Å². The molecule has 2 aromatic heterocycles. The largest absolute Gasteiger partial charge is 0.495 e. The van der Waals surface area contributed by atoms with Crippen molar-refractivity contribution in [2.24, 2.45) is 0 Å². The van der Waals surface area contributed by atoms with E-state index < -0.39 is 0 Å². The van der Waals surface area contributed by atoms with Crippen molar-refractivity contribution >= 4 is 33.8 Å².